The van der Waals surface area contributed by atoms with Gasteiger partial charge in [-0.3, -0.25) is 4.79 Å². The zero-order valence-corrected chi connectivity index (χ0v) is 17.8. The zero-order chi connectivity index (χ0) is 23.3. The first-order valence-electron chi connectivity index (χ1n) is 9.84. The number of nitrogens with one attached hydrogen (secondary N) is 1. The number of benzene rings is 2. The molecule has 0 spiro atoms. The molecule has 0 aliphatic rings. The number of methoxy groups -OCH3 is 1. The van der Waals surface area contributed by atoms with Gasteiger partial charge in [-0.15, -0.1) is 5.10 Å². The Morgan fingerprint density at radius 3 is 2.59 bits per heavy atom. The van der Waals surface area contributed by atoms with Crippen LogP contribution >= 0.6 is 0 Å². The number of ether oxygens (including phenoxy) is 2. The van der Waals surface area contributed by atoms with Gasteiger partial charge in [-0.25, -0.2) is 4.68 Å². The van der Waals surface area contributed by atoms with E-state index in [9.17, 15) is 18.0 Å². The number of carbonyl (C=O) groups is 1. The highest BCUT2D eigenvalue weighted by molar-refractivity contribution is 5.91. The van der Waals surface area contributed by atoms with Crippen molar-refractivity contribution in [3.8, 4) is 23.1 Å². The van der Waals surface area contributed by atoms with Crippen LogP contribution in [-0.2, 0) is 15.7 Å². The van der Waals surface area contributed by atoms with Crippen LogP contribution in [0.3, 0.4) is 0 Å². The lowest BCUT2D eigenvalue weighted by Crippen LogP contribution is -2.17. The third kappa shape index (κ3) is 5.85. The van der Waals surface area contributed by atoms with Crippen LogP contribution in [0.4, 0.5) is 18.9 Å². The molecule has 1 heterocycles. The maximum atomic E-state index is 13.2. The van der Waals surface area contributed by atoms with Gasteiger partial charge in [0.15, 0.2) is 5.82 Å². The lowest BCUT2D eigenvalue weighted by Gasteiger charge is -2.11. The summed E-state index contributed by atoms with van der Waals surface area (Å²) >= 11 is 0. The highest BCUT2D eigenvalue weighted by atomic mass is 19.4. The van der Waals surface area contributed by atoms with Crippen LogP contribution in [0.15, 0.2) is 48.5 Å². The number of halogens is 3. The first kappa shape index (κ1) is 23.3. The van der Waals surface area contributed by atoms with Crippen molar-refractivity contribution < 1.29 is 27.4 Å². The number of aromatic nitrogens is 3. The molecule has 7 nitrogen and oxygen atoms in total. The second-order valence-corrected chi connectivity index (χ2v) is 7.44. The third-order valence-corrected chi connectivity index (χ3v) is 4.23. The Kier molecular flexibility index (Phi) is 7.14. The molecule has 2 aromatic carbocycles. The van der Waals surface area contributed by atoms with E-state index in [0.717, 1.165) is 12.1 Å². The van der Waals surface area contributed by atoms with Crippen LogP contribution in [0.2, 0.25) is 0 Å². The molecule has 0 atom stereocenters. The van der Waals surface area contributed by atoms with E-state index in [2.05, 4.69) is 15.4 Å². The van der Waals surface area contributed by atoms with Crippen LogP contribution in [-0.4, -0.2) is 41.0 Å². The molecule has 0 radical (unpaired) electrons. The fourth-order valence-corrected chi connectivity index (χ4v) is 2.84. The SMILES string of the molecule is COCC(=O)Nc1cccc(-n2nc(OCC(C)C)nc2-c2cccc(C(F)(F)F)c2)c1. The lowest BCUT2D eigenvalue weighted by atomic mass is 10.1. The van der Waals surface area contributed by atoms with Gasteiger partial charge in [-0.1, -0.05) is 32.0 Å². The molecule has 170 valence electrons. The maximum Gasteiger partial charge on any atom is 0.416 e. The number of nitrogens with zero attached hydrogens (tertiary/aromatic N) is 3. The minimum atomic E-state index is -4.50. The molecule has 0 fully saturated rings. The van der Waals surface area contributed by atoms with E-state index in [1.54, 1.807) is 24.3 Å². The van der Waals surface area contributed by atoms with Crippen molar-refractivity contribution >= 4 is 11.6 Å². The Labute approximate surface area is 183 Å². The number of rotatable bonds is 8. The zero-order valence-electron chi connectivity index (χ0n) is 17.8. The first-order valence-corrected chi connectivity index (χ1v) is 9.84. The molecule has 0 saturated carbocycles. The maximum absolute atomic E-state index is 13.2. The standard InChI is InChI=1S/C22H23F3N4O3/c1-14(2)12-32-21-27-20(15-6-4-7-16(10-15)22(23,24)25)29(28-21)18-9-5-8-17(11-18)26-19(30)13-31-3/h4-11,14H,12-13H2,1-3H3,(H,26,30). The number of anilines is 1. The molecule has 3 rings (SSSR count). The van der Waals surface area contributed by atoms with Crippen molar-refractivity contribution in [1.82, 2.24) is 14.8 Å². The molecule has 10 heteroatoms. The van der Waals surface area contributed by atoms with Crippen LogP contribution in [0.1, 0.15) is 19.4 Å². The number of hydrogen-bond donors (Lipinski definition) is 1. The molecule has 1 aromatic heterocycles. The summed E-state index contributed by atoms with van der Waals surface area (Å²) in [4.78, 5) is 16.2. The van der Waals surface area contributed by atoms with Gasteiger partial charge in [0.05, 0.1) is 17.9 Å². The summed E-state index contributed by atoms with van der Waals surface area (Å²) in [6, 6.07) is 11.6. The van der Waals surface area contributed by atoms with E-state index in [4.69, 9.17) is 9.47 Å². The number of alkyl halides is 3. The third-order valence-electron chi connectivity index (χ3n) is 4.23. The minimum Gasteiger partial charge on any atom is -0.462 e. The van der Waals surface area contributed by atoms with Crippen molar-refractivity contribution in [2.45, 2.75) is 20.0 Å². The Hall–Kier alpha value is -3.40. The van der Waals surface area contributed by atoms with Gasteiger partial charge in [-0.05, 0) is 36.2 Å². The minimum absolute atomic E-state index is 0.0416. The predicted octanol–water partition coefficient (Wildman–Crippen LogP) is 4.57. The molecule has 0 aliphatic carbocycles. The Morgan fingerprint density at radius 1 is 1.16 bits per heavy atom. The quantitative estimate of drug-likeness (QED) is 0.546. The van der Waals surface area contributed by atoms with Crippen molar-refractivity contribution in [2.75, 3.05) is 25.6 Å². The summed E-state index contributed by atoms with van der Waals surface area (Å²) in [5, 5.41) is 7.02. The number of amides is 1. The first-order chi connectivity index (χ1) is 15.2. The molecule has 1 N–H and O–H groups in total. The van der Waals surface area contributed by atoms with E-state index in [1.165, 1.54) is 23.9 Å². The Balaban J connectivity index is 2.04. The van der Waals surface area contributed by atoms with Crippen molar-refractivity contribution in [2.24, 2.45) is 5.92 Å². The molecule has 0 saturated heterocycles. The van der Waals surface area contributed by atoms with Gasteiger partial charge in [0.2, 0.25) is 5.91 Å². The van der Waals surface area contributed by atoms with E-state index in [1.807, 2.05) is 13.8 Å². The molecule has 32 heavy (non-hydrogen) atoms. The molecule has 0 bridgehead atoms. The van der Waals surface area contributed by atoms with Gasteiger partial charge in [0.25, 0.3) is 0 Å². The van der Waals surface area contributed by atoms with Crippen molar-refractivity contribution in [3.05, 3.63) is 54.1 Å². The van der Waals surface area contributed by atoms with Crippen molar-refractivity contribution in [1.29, 1.82) is 0 Å². The van der Waals surface area contributed by atoms with Crippen LogP contribution in [0.25, 0.3) is 17.1 Å². The van der Waals surface area contributed by atoms with Gasteiger partial charge in [-0.2, -0.15) is 18.2 Å². The Bertz CT molecular complexity index is 1080. The van der Waals surface area contributed by atoms with E-state index < -0.39 is 11.7 Å². The summed E-state index contributed by atoms with van der Waals surface area (Å²) in [7, 11) is 1.41. The van der Waals surface area contributed by atoms with Crippen LogP contribution in [0.5, 0.6) is 6.01 Å². The molecule has 0 aliphatic heterocycles. The van der Waals surface area contributed by atoms with Crippen LogP contribution in [0, 0.1) is 5.92 Å². The van der Waals surface area contributed by atoms with Gasteiger partial charge < -0.3 is 14.8 Å². The predicted molar refractivity (Wildman–Crippen MR) is 113 cm³/mol. The number of carbonyl (C=O) groups excluding carboxylic acids is 1. The van der Waals surface area contributed by atoms with Crippen LogP contribution < -0.4 is 10.1 Å². The fraction of sp³-hybridized carbons (Fsp3) is 0.318. The summed E-state index contributed by atoms with van der Waals surface area (Å²) in [6.07, 6.45) is -4.50. The number of hydrogen-bond acceptors (Lipinski definition) is 5. The Morgan fingerprint density at radius 2 is 1.91 bits per heavy atom. The van der Waals surface area contributed by atoms with E-state index >= 15 is 0 Å². The van der Waals surface area contributed by atoms with Crippen molar-refractivity contribution in [3.63, 3.8) is 0 Å². The fourth-order valence-electron chi connectivity index (χ4n) is 2.84. The highest BCUT2D eigenvalue weighted by Crippen LogP contribution is 2.33. The average molecular weight is 448 g/mol. The van der Waals surface area contributed by atoms with E-state index in [-0.39, 0.29) is 35.8 Å². The molecular weight excluding hydrogens is 425 g/mol. The molecule has 1 amide bonds. The largest absolute Gasteiger partial charge is 0.462 e. The smallest absolute Gasteiger partial charge is 0.416 e. The lowest BCUT2D eigenvalue weighted by molar-refractivity contribution is -0.137. The molecule has 0 unspecified atom stereocenters. The molecular formula is C22H23F3N4O3. The summed E-state index contributed by atoms with van der Waals surface area (Å²) in [5.41, 5.74) is 0.384. The highest BCUT2D eigenvalue weighted by Gasteiger charge is 2.31. The monoisotopic (exact) mass is 448 g/mol. The molecule has 3 aromatic rings. The second kappa shape index (κ2) is 9.82. The summed E-state index contributed by atoms with van der Waals surface area (Å²) in [5.74, 6) is 0.0378. The average Bonchev–Trinajstić information content (AvgIpc) is 3.16. The van der Waals surface area contributed by atoms with Gasteiger partial charge >= 0.3 is 12.2 Å². The second-order valence-electron chi connectivity index (χ2n) is 7.44. The van der Waals surface area contributed by atoms with Gasteiger partial charge in [0, 0.05) is 18.4 Å². The van der Waals surface area contributed by atoms with E-state index in [0.29, 0.717) is 18.0 Å². The summed E-state index contributed by atoms with van der Waals surface area (Å²) in [6.45, 7) is 4.14. The van der Waals surface area contributed by atoms with Gasteiger partial charge in [0.1, 0.15) is 6.61 Å². The summed E-state index contributed by atoms with van der Waals surface area (Å²) < 4.78 is 51.5. The topological polar surface area (TPSA) is 78.3 Å². The normalized spacial score (nSPS) is 11.6.